The van der Waals surface area contributed by atoms with Crippen LogP contribution in [0.3, 0.4) is 0 Å². The van der Waals surface area contributed by atoms with Crippen LogP contribution in [0.4, 0.5) is 0 Å². The van der Waals surface area contributed by atoms with Gasteiger partial charge in [0, 0.05) is 5.56 Å². The third-order valence-corrected chi connectivity index (χ3v) is 4.18. The van der Waals surface area contributed by atoms with Crippen molar-refractivity contribution in [2.75, 3.05) is 0 Å². The lowest BCUT2D eigenvalue weighted by molar-refractivity contribution is 0.459. The fraction of sp³-hybridized carbons (Fsp3) is 0. The third-order valence-electron chi connectivity index (χ3n) is 3.48. The summed E-state index contributed by atoms with van der Waals surface area (Å²) in [5.74, 6) is -0.159. The molecule has 0 saturated heterocycles. The zero-order chi connectivity index (χ0) is 15.5. The molecule has 3 nitrogen and oxygen atoms in total. The molecule has 1 atom stereocenters. The molecule has 0 heterocycles. The zero-order valence-corrected chi connectivity index (χ0v) is 12.5. The summed E-state index contributed by atoms with van der Waals surface area (Å²) in [5.41, 5.74) is 3.11. The lowest BCUT2D eigenvalue weighted by atomic mass is 9.94. The van der Waals surface area contributed by atoms with Crippen molar-refractivity contribution in [1.29, 1.82) is 0 Å². The van der Waals surface area contributed by atoms with Gasteiger partial charge in [0.2, 0.25) is 0 Å². The molecule has 0 saturated carbocycles. The highest BCUT2D eigenvalue weighted by atomic mass is 32.2. The van der Waals surface area contributed by atoms with E-state index >= 15 is 0 Å². The van der Waals surface area contributed by atoms with E-state index in [0.29, 0.717) is 5.56 Å². The van der Waals surface area contributed by atoms with Gasteiger partial charge in [0.15, 0.2) is 11.1 Å². The van der Waals surface area contributed by atoms with Crippen molar-refractivity contribution < 1.29 is 13.9 Å². The van der Waals surface area contributed by atoms with Crippen LogP contribution in [0.5, 0.6) is 5.75 Å². The second kappa shape index (κ2) is 6.13. The molecular formula is C18H14O3S. The number of phenolic OH excluding ortho intramolecular Hbond substituents is 1. The Kier molecular flexibility index (Phi) is 4.04. The van der Waals surface area contributed by atoms with Crippen molar-refractivity contribution in [1.82, 2.24) is 0 Å². The van der Waals surface area contributed by atoms with Crippen LogP contribution in [0, 0.1) is 0 Å². The Balaban J connectivity index is 2.32. The molecule has 0 aliphatic carbocycles. The van der Waals surface area contributed by atoms with E-state index in [1.54, 1.807) is 6.07 Å². The van der Waals surface area contributed by atoms with Crippen molar-refractivity contribution in [3.8, 4) is 28.0 Å². The van der Waals surface area contributed by atoms with Gasteiger partial charge in [-0.3, -0.25) is 0 Å². The van der Waals surface area contributed by atoms with Crippen molar-refractivity contribution in [2.45, 2.75) is 4.90 Å². The summed E-state index contributed by atoms with van der Waals surface area (Å²) in [6, 6.07) is 22.2. The minimum atomic E-state index is -2.24. The molecule has 4 heteroatoms. The first kappa shape index (κ1) is 14.5. The highest BCUT2D eigenvalue weighted by Gasteiger charge is 2.18. The van der Waals surface area contributed by atoms with E-state index in [0.717, 1.165) is 16.7 Å². The summed E-state index contributed by atoms with van der Waals surface area (Å²) in [4.78, 5) is 0.0125. The Labute approximate surface area is 131 Å². The maximum atomic E-state index is 11.4. The maximum Gasteiger partial charge on any atom is 0.190 e. The summed E-state index contributed by atoms with van der Waals surface area (Å²) in [7, 11) is 0. The number of hydrogen-bond donors (Lipinski definition) is 2. The highest BCUT2D eigenvalue weighted by Crippen LogP contribution is 2.41. The number of phenols is 1. The number of aromatic hydroxyl groups is 1. The van der Waals surface area contributed by atoms with Crippen molar-refractivity contribution >= 4 is 11.1 Å². The number of hydrogen-bond acceptors (Lipinski definition) is 2. The van der Waals surface area contributed by atoms with Crippen LogP contribution in [0.1, 0.15) is 0 Å². The van der Waals surface area contributed by atoms with Crippen LogP contribution in [0.15, 0.2) is 77.7 Å². The normalized spacial score (nSPS) is 12.0. The lowest BCUT2D eigenvalue weighted by Gasteiger charge is -2.14. The Morgan fingerprint density at radius 2 is 1.27 bits per heavy atom. The first-order valence-electron chi connectivity index (χ1n) is 6.76. The molecular weight excluding hydrogens is 296 g/mol. The van der Waals surface area contributed by atoms with Crippen molar-refractivity contribution in [3.63, 3.8) is 0 Å². The molecule has 0 aliphatic rings. The summed E-state index contributed by atoms with van der Waals surface area (Å²) in [5, 5.41) is 10.5. The molecule has 22 heavy (non-hydrogen) atoms. The molecule has 0 spiro atoms. The van der Waals surface area contributed by atoms with E-state index in [1.807, 2.05) is 60.7 Å². The molecule has 3 aromatic rings. The van der Waals surface area contributed by atoms with Gasteiger partial charge in [-0.2, -0.15) is 0 Å². The molecule has 2 N–H and O–H groups in total. The predicted molar refractivity (Wildman–Crippen MR) is 88.0 cm³/mol. The fourth-order valence-electron chi connectivity index (χ4n) is 2.47. The smallest absolute Gasteiger partial charge is 0.190 e. The number of benzene rings is 3. The summed E-state index contributed by atoms with van der Waals surface area (Å²) >= 11 is -2.24. The minimum absolute atomic E-state index is 0.0125. The van der Waals surface area contributed by atoms with Crippen molar-refractivity contribution in [3.05, 3.63) is 72.8 Å². The summed E-state index contributed by atoms with van der Waals surface area (Å²) < 4.78 is 20.8. The Morgan fingerprint density at radius 1 is 0.727 bits per heavy atom. The third kappa shape index (κ3) is 2.66. The fourth-order valence-corrected chi connectivity index (χ4v) is 2.92. The van der Waals surface area contributed by atoms with Crippen LogP contribution in [0.2, 0.25) is 0 Å². The molecule has 0 amide bonds. The average Bonchev–Trinajstić information content (AvgIpc) is 2.55. The first-order chi connectivity index (χ1) is 10.7. The molecule has 1 unspecified atom stereocenters. The molecule has 0 radical (unpaired) electrons. The molecule has 0 bridgehead atoms. The van der Waals surface area contributed by atoms with Gasteiger partial charge in [-0.25, -0.2) is 4.21 Å². The van der Waals surface area contributed by atoms with Crippen LogP contribution in [0.25, 0.3) is 22.3 Å². The Morgan fingerprint density at radius 3 is 1.82 bits per heavy atom. The summed E-state index contributed by atoms with van der Waals surface area (Å²) in [6.45, 7) is 0. The summed E-state index contributed by atoms with van der Waals surface area (Å²) in [6.07, 6.45) is 0. The standard InChI is InChI=1S/C18H14O3S/c19-18-16(22(20)21)12-11-15(13-7-3-1-4-8-13)17(18)14-9-5-2-6-10-14/h1-12,19H,(H,20,21). The molecule has 3 rings (SSSR count). The molecule has 3 aromatic carbocycles. The van der Waals surface area contributed by atoms with Crippen molar-refractivity contribution in [2.24, 2.45) is 0 Å². The Hall–Kier alpha value is -2.43. The van der Waals surface area contributed by atoms with Crippen LogP contribution < -0.4 is 0 Å². The van der Waals surface area contributed by atoms with Gasteiger partial charge in [0.1, 0.15) is 10.6 Å². The average molecular weight is 310 g/mol. The quantitative estimate of drug-likeness (QED) is 0.709. The van der Waals surface area contributed by atoms with Gasteiger partial charge < -0.3 is 9.66 Å². The van der Waals surface area contributed by atoms with Gasteiger partial charge >= 0.3 is 0 Å². The minimum Gasteiger partial charge on any atom is -0.506 e. The largest absolute Gasteiger partial charge is 0.506 e. The zero-order valence-electron chi connectivity index (χ0n) is 11.6. The second-order valence-corrected chi connectivity index (χ2v) is 5.75. The van der Waals surface area contributed by atoms with Crippen LogP contribution in [-0.4, -0.2) is 13.9 Å². The van der Waals surface area contributed by atoms with Gasteiger partial charge in [0.05, 0.1) is 0 Å². The number of rotatable bonds is 3. The van der Waals surface area contributed by atoms with Crippen LogP contribution >= 0.6 is 0 Å². The molecule has 110 valence electrons. The van der Waals surface area contributed by atoms with E-state index in [-0.39, 0.29) is 10.6 Å². The van der Waals surface area contributed by atoms with Gasteiger partial charge in [-0.05, 0) is 22.8 Å². The highest BCUT2D eigenvalue weighted by molar-refractivity contribution is 7.79. The predicted octanol–water partition coefficient (Wildman–Crippen LogP) is 4.31. The molecule has 0 fully saturated rings. The molecule has 0 aliphatic heterocycles. The monoisotopic (exact) mass is 310 g/mol. The lowest BCUT2D eigenvalue weighted by Crippen LogP contribution is -1.94. The van der Waals surface area contributed by atoms with E-state index < -0.39 is 11.1 Å². The first-order valence-corrected chi connectivity index (χ1v) is 7.87. The van der Waals surface area contributed by atoms with E-state index in [1.165, 1.54) is 6.07 Å². The SMILES string of the molecule is O=S(O)c1ccc(-c2ccccc2)c(-c2ccccc2)c1O. The second-order valence-electron chi connectivity index (χ2n) is 4.82. The molecule has 0 aromatic heterocycles. The maximum absolute atomic E-state index is 11.4. The van der Waals surface area contributed by atoms with E-state index in [2.05, 4.69) is 0 Å². The van der Waals surface area contributed by atoms with Gasteiger partial charge in [-0.15, -0.1) is 0 Å². The van der Waals surface area contributed by atoms with E-state index in [4.69, 9.17) is 0 Å². The van der Waals surface area contributed by atoms with Gasteiger partial charge in [0.25, 0.3) is 0 Å². The van der Waals surface area contributed by atoms with Gasteiger partial charge in [-0.1, -0.05) is 66.7 Å². The van der Waals surface area contributed by atoms with E-state index in [9.17, 15) is 13.9 Å². The van der Waals surface area contributed by atoms with Crippen LogP contribution in [-0.2, 0) is 11.1 Å². The Bertz CT molecular complexity index is 814. The topological polar surface area (TPSA) is 57.5 Å².